The normalized spacial score (nSPS) is 10.8. The van der Waals surface area contributed by atoms with Gasteiger partial charge in [-0.25, -0.2) is 4.98 Å². The number of nitrogens with one attached hydrogen (secondary N) is 1. The SMILES string of the molecule is COc1ccc2[nH]c(-c3ccc(O)c(C)c3)nc2n1. The lowest BCUT2D eigenvalue weighted by molar-refractivity contribution is 0.399. The van der Waals surface area contributed by atoms with Crippen LogP contribution >= 0.6 is 0 Å². The number of hydrogen-bond donors (Lipinski definition) is 2. The molecule has 3 aromatic rings. The molecule has 2 heterocycles. The van der Waals surface area contributed by atoms with E-state index in [0.29, 0.717) is 11.5 Å². The number of aromatic nitrogens is 3. The molecule has 0 saturated carbocycles. The first kappa shape index (κ1) is 11.5. The average molecular weight is 255 g/mol. The number of methoxy groups -OCH3 is 1. The molecule has 5 heteroatoms. The molecule has 0 bridgehead atoms. The number of phenolic OH excluding ortho intramolecular Hbond substituents is 1. The van der Waals surface area contributed by atoms with Gasteiger partial charge in [0.1, 0.15) is 11.6 Å². The van der Waals surface area contributed by atoms with Crippen LogP contribution < -0.4 is 4.74 Å². The van der Waals surface area contributed by atoms with Crippen LogP contribution in [0.1, 0.15) is 5.56 Å². The largest absolute Gasteiger partial charge is 0.508 e. The summed E-state index contributed by atoms with van der Waals surface area (Å²) in [6.07, 6.45) is 0. The van der Waals surface area contributed by atoms with Gasteiger partial charge in [0.2, 0.25) is 5.88 Å². The summed E-state index contributed by atoms with van der Waals surface area (Å²) in [5.41, 5.74) is 3.18. The molecule has 0 atom stereocenters. The number of hydrogen-bond acceptors (Lipinski definition) is 4. The van der Waals surface area contributed by atoms with Gasteiger partial charge in [-0.05, 0) is 36.8 Å². The Hall–Kier alpha value is -2.56. The number of pyridine rings is 1. The van der Waals surface area contributed by atoms with Gasteiger partial charge in [-0.2, -0.15) is 4.98 Å². The van der Waals surface area contributed by atoms with E-state index in [1.54, 1.807) is 19.2 Å². The van der Waals surface area contributed by atoms with Crippen molar-refractivity contribution in [3.63, 3.8) is 0 Å². The molecular weight excluding hydrogens is 242 g/mol. The maximum atomic E-state index is 9.54. The molecule has 96 valence electrons. The number of fused-ring (bicyclic) bond motifs is 1. The van der Waals surface area contributed by atoms with Crippen LogP contribution in [0.25, 0.3) is 22.6 Å². The Kier molecular flexibility index (Phi) is 2.59. The van der Waals surface area contributed by atoms with Crippen molar-refractivity contribution in [3.05, 3.63) is 35.9 Å². The maximum Gasteiger partial charge on any atom is 0.215 e. The number of nitrogens with zero attached hydrogens (tertiary/aromatic N) is 2. The summed E-state index contributed by atoms with van der Waals surface area (Å²) < 4.78 is 5.07. The molecule has 2 aromatic heterocycles. The van der Waals surface area contributed by atoms with Crippen LogP contribution in [-0.4, -0.2) is 27.2 Å². The van der Waals surface area contributed by atoms with Crippen LogP contribution in [0.3, 0.4) is 0 Å². The Bertz CT molecular complexity index is 750. The summed E-state index contributed by atoms with van der Waals surface area (Å²) in [4.78, 5) is 11.9. The fourth-order valence-corrected chi connectivity index (χ4v) is 1.93. The molecule has 0 aliphatic heterocycles. The lowest BCUT2D eigenvalue weighted by Crippen LogP contribution is -1.86. The third kappa shape index (κ3) is 1.99. The van der Waals surface area contributed by atoms with Gasteiger partial charge in [-0.1, -0.05) is 0 Å². The number of ether oxygens (including phenoxy) is 1. The number of imidazole rings is 1. The Labute approximate surface area is 109 Å². The van der Waals surface area contributed by atoms with Gasteiger partial charge in [0.25, 0.3) is 0 Å². The van der Waals surface area contributed by atoms with Crippen LogP contribution in [0, 0.1) is 6.92 Å². The van der Waals surface area contributed by atoms with Crippen molar-refractivity contribution in [2.45, 2.75) is 6.92 Å². The third-order valence-corrected chi connectivity index (χ3v) is 3.00. The number of H-pyrrole nitrogens is 1. The first-order valence-corrected chi connectivity index (χ1v) is 5.88. The third-order valence-electron chi connectivity index (χ3n) is 3.00. The minimum absolute atomic E-state index is 0.277. The Morgan fingerprint density at radius 3 is 2.74 bits per heavy atom. The number of aryl methyl sites for hydroxylation is 1. The van der Waals surface area contributed by atoms with E-state index >= 15 is 0 Å². The molecule has 0 aliphatic rings. The van der Waals surface area contributed by atoms with Gasteiger partial charge in [0.15, 0.2) is 5.65 Å². The lowest BCUT2D eigenvalue weighted by Gasteiger charge is -2.00. The highest BCUT2D eigenvalue weighted by Gasteiger charge is 2.08. The molecule has 1 aromatic carbocycles. The predicted octanol–water partition coefficient (Wildman–Crippen LogP) is 2.65. The van der Waals surface area contributed by atoms with Crippen molar-refractivity contribution in [2.24, 2.45) is 0 Å². The fraction of sp³-hybridized carbons (Fsp3) is 0.143. The minimum atomic E-state index is 0.277. The zero-order valence-corrected chi connectivity index (χ0v) is 10.6. The number of aromatic amines is 1. The van der Waals surface area contributed by atoms with Crippen molar-refractivity contribution in [3.8, 4) is 23.0 Å². The zero-order valence-electron chi connectivity index (χ0n) is 10.6. The van der Waals surface area contributed by atoms with E-state index in [1.807, 2.05) is 25.1 Å². The van der Waals surface area contributed by atoms with Gasteiger partial charge in [0.05, 0.1) is 12.6 Å². The fourth-order valence-electron chi connectivity index (χ4n) is 1.93. The summed E-state index contributed by atoms with van der Waals surface area (Å²) in [6.45, 7) is 1.85. The predicted molar refractivity (Wildman–Crippen MR) is 72.3 cm³/mol. The van der Waals surface area contributed by atoms with E-state index in [9.17, 15) is 5.11 Å². The van der Waals surface area contributed by atoms with Crippen molar-refractivity contribution in [1.82, 2.24) is 15.0 Å². The number of rotatable bonds is 2. The highest BCUT2D eigenvalue weighted by Crippen LogP contribution is 2.25. The second-order valence-corrected chi connectivity index (χ2v) is 4.31. The molecule has 0 aliphatic carbocycles. The van der Waals surface area contributed by atoms with Crippen molar-refractivity contribution in [1.29, 1.82) is 0 Å². The summed E-state index contributed by atoms with van der Waals surface area (Å²) in [6, 6.07) is 9.02. The number of aromatic hydroxyl groups is 1. The van der Waals surface area contributed by atoms with E-state index in [0.717, 1.165) is 22.5 Å². The highest BCUT2D eigenvalue weighted by molar-refractivity contribution is 5.76. The van der Waals surface area contributed by atoms with E-state index < -0.39 is 0 Å². The molecular formula is C14H13N3O2. The summed E-state index contributed by atoms with van der Waals surface area (Å²) in [5, 5.41) is 9.54. The van der Waals surface area contributed by atoms with Crippen LogP contribution in [-0.2, 0) is 0 Å². The Morgan fingerprint density at radius 2 is 2.00 bits per heavy atom. The van der Waals surface area contributed by atoms with E-state index in [2.05, 4.69) is 15.0 Å². The average Bonchev–Trinajstić information content (AvgIpc) is 2.84. The zero-order chi connectivity index (χ0) is 13.4. The van der Waals surface area contributed by atoms with Crippen LogP contribution in [0.4, 0.5) is 0 Å². The Morgan fingerprint density at radius 1 is 1.16 bits per heavy atom. The summed E-state index contributed by atoms with van der Waals surface area (Å²) >= 11 is 0. The first-order chi connectivity index (χ1) is 9.17. The second kappa shape index (κ2) is 4.28. The quantitative estimate of drug-likeness (QED) is 0.738. The molecule has 5 nitrogen and oxygen atoms in total. The second-order valence-electron chi connectivity index (χ2n) is 4.31. The molecule has 0 saturated heterocycles. The molecule has 0 amide bonds. The van der Waals surface area contributed by atoms with Crippen molar-refractivity contribution in [2.75, 3.05) is 7.11 Å². The summed E-state index contributed by atoms with van der Waals surface area (Å²) in [5.74, 6) is 1.53. The van der Waals surface area contributed by atoms with Crippen molar-refractivity contribution < 1.29 is 9.84 Å². The van der Waals surface area contributed by atoms with Gasteiger partial charge in [-0.3, -0.25) is 0 Å². The maximum absolute atomic E-state index is 9.54. The minimum Gasteiger partial charge on any atom is -0.508 e. The van der Waals surface area contributed by atoms with Crippen LogP contribution in [0.2, 0.25) is 0 Å². The van der Waals surface area contributed by atoms with Gasteiger partial charge in [0, 0.05) is 11.6 Å². The van der Waals surface area contributed by atoms with Gasteiger partial charge < -0.3 is 14.8 Å². The van der Waals surface area contributed by atoms with E-state index in [4.69, 9.17) is 4.74 Å². The lowest BCUT2D eigenvalue weighted by atomic mass is 10.1. The summed E-state index contributed by atoms with van der Waals surface area (Å²) in [7, 11) is 1.57. The topological polar surface area (TPSA) is 71.0 Å². The monoisotopic (exact) mass is 255 g/mol. The molecule has 0 fully saturated rings. The highest BCUT2D eigenvalue weighted by atomic mass is 16.5. The van der Waals surface area contributed by atoms with E-state index in [1.165, 1.54) is 0 Å². The van der Waals surface area contributed by atoms with Crippen LogP contribution in [0.5, 0.6) is 11.6 Å². The molecule has 0 radical (unpaired) electrons. The molecule has 0 unspecified atom stereocenters. The van der Waals surface area contributed by atoms with E-state index in [-0.39, 0.29) is 5.75 Å². The molecule has 2 N–H and O–H groups in total. The van der Waals surface area contributed by atoms with Crippen molar-refractivity contribution >= 4 is 11.2 Å². The number of benzene rings is 1. The number of phenols is 1. The first-order valence-electron chi connectivity index (χ1n) is 5.88. The smallest absolute Gasteiger partial charge is 0.215 e. The standard InChI is InChI=1S/C14H13N3O2/c1-8-7-9(3-5-11(8)18)13-15-10-4-6-12(19-2)16-14(10)17-13/h3-7,18H,1-2H3,(H,15,16,17). The molecule has 0 spiro atoms. The molecule has 19 heavy (non-hydrogen) atoms. The Balaban J connectivity index is 2.11. The molecule has 3 rings (SSSR count). The van der Waals surface area contributed by atoms with Gasteiger partial charge >= 0.3 is 0 Å². The van der Waals surface area contributed by atoms with Crippen LogP contribution in [0.15, 0.2) is 30.3 Å². The van der Waals surface area contributed by atoms with Gasteiger partial charge in [-0.15, -0.1) is 0 Å².